The molecule has 3 aromatic rings. The highest BCUT2D eigenvalue weighted by Gasteiger charge is 2.29. The maximum Gasteiger partial charge on any atom is 0.336 e. The lowest BCUT2D eigenvalue weighted by molar-refractivity contribution is 0.199. The molecule has 7 heteroatoms. The Bertz CT molecular complexity index is 1040. The second-order valence-corrected chi connectivity index (χ2v) is 7.06. The predicted molar refractivity (Wildman–Crippen MR) is 103 cm³/mol. The van der Waals surface area contributed by atoms with Crippen LogP contribution >= 0.6 is 0 Å². The van der Waals surface area contributed by atoms with Gasteiger partial charge in [0.2, 0.25) is 0 Å². The quantitative estimate of drug-likeness (QED) is 0.721. The summed E-state index contributed by atoms with van der Waals surface area (Å²) in [6.07, 6.45) is 5.62. The van der Waals surface area contributed by atoms with Crippen LogP contribution in [0.4, 0.5) is 10.5 Å². The van der Waals surface area contributed by atoms with Crippen LogP contribution in [0.15, 0.2) is 45.9 Å². The van der Waals surface area contributed by atoms with Crippen molar-refractivity contribution in [3.8, 4) is 0 Å². The summed E-state index contributed by atoms with van der Waals surface area (Å²) in [7, 11) is 0. The van der Waals surface area contributed by atoms with Gasteiger partial charge in [0.1, 0.15) is 5.58 Å². The number of amides is 2. The molecule has 1 atom stereocenters. The topological polar surface area (TPSA) is 80.4 Å². The normalized spacial score (nSPS) is 16.8. The molecule has 0 aliphatic carbocycles. The molecule has 2 amide bonds. The fraction of sp³-hybridized carbons (Fsp3) is 0.350. The van der Waals surface area contributed by atoms with E-state index in [2.05, 4.69) is 10.4 Å². The Morgan fingerprint density at radius 1 is 1.30 bits per heavy atom. The molecule has 1 fully saturated rings. The van der Waals surface area contributed by atoms with Crippen molar-refractivity contribution in [3.63, 3.8) is 0 Å². The largest absolute Gasteiger partial charge is 0.423 e. The number of rotatable bonds is 3. The zero-order valence-electron chi connectivity index (χ0n) is 15.4. The van der Waals surface area contributed by atoms with Crippen LogP contribution in [0.3, 0.4) is 0 Å². The van der Waals surface area contributed by atoms with Gasteiger partial charge in [-0.05, 0) is 56.0 Å². The van der Waals surface area contributed by atoms with Crippen LogP contribution in [0.5, 0.6) is 0 Å². The Morgan fingerprint density at radius 3 is 2.93 bits per heavy atom. The molecule has 140 valence electrons. The molecule has 1 aliphatic heterocycles. The molecule has 2 aromatic heterocycles. The van der Waals surface area contributed by atoms with Crippen molar-refractivity contribution >= 4 is 22.7 Å². The molecule has 7 nitrogen and oxygen atoms in total. The van der Waals surface area contributed by atoms with Gasteiger partial charge in [-0.2, -0.15) is 5.10 Å². The molecular weight excluding hydrogens is 344 g/mol. The molecule has 0 spiro atoms. The summed E-state index contributed by atoms with van der Waals surface area (Å²) in [5, 5.41) is 8.10. The highest BCUT2D eigenvalue weighted by molar-refractivity contribution is 5.94. The molecule has 4 rings (SSSR count). The lowest BCUT2D eigenvalue weighted by Crippen LogP contribution is -2.41. The number of benzene rings is 1. The molecule has 1 saturated heterocycles. The number of carbonyl (C=O) groups excluding carboxylic acids is 1. The third-order valence-corrected chi connectivity index (χ3v) is 5.13. The van der Waals surface area contributed by atoms with Crippen molar-refractivity contribution in [2.75, 3.05) is 11.9 Å². The monoisotopic (exact) mass is 366 g/mol. The van der Waals surface area contributed by atoms with Gasteiger partial charge in [-0.3, -0.25) is 4.68 Å². The summed E-state index contributed by atoms with van der Waals surface area (Å²) in [5.74, 6) is 0. The zero-order valence-corrected chi connectivity index (χ0v) is 15.4. The highest BCUT2D eigenvalue weighted by Crippen LogP contribution is 2.26. The Balaban J connectivity index is 1.57. The highest BCUT2D eigenvalue weighted by atomic mass is 16.4. The van der Waals surface area contributed by atoms with E-state index in [9.17, 15) is 9.59 Å². The Morgan fingerprint density at radius 2 is 2.15 bits per heavy atom. The predicted octanol–water partition coefficient (Wildman–Crippen LogP) is 3.30. The van der Waals surface area contributed by atoms with E-state index in [-0.39, 0.29) is 17.7 Å². The standard InChI is InChI=1S/C20H22N4O3/c1-13-10-19(25)27-18-9-14(2)17(11-16(13)18)22-20(26)24-8-3-5-15(24)12-23-7-4-6-21-23/h4,6-7,9-11,15H,3,5,8,12H2,1-2H3,(H,22,26)/t15-/m0/s1. The number of fused-ring (bicyclic) bond motifs is 1. The minimum absolute atomic E-state index is 0.109. The molecule has 27 heavy (non-hydrogen) atoms. The SMILES string of the molecule is Cc1cc2oc(=O)cc(C)c2cc1NC(=O)N1CCC[C@H]1Cn1cccn1. The Hall–Kier alpha value is -3.09. The van der Waals surface area contributed by atoms with Crippen LogP contribution in [0.25, 0.3) is 11.0 Å². The molecule has 0 unspecified atom stereocenters. The van der Waals surface area contributed by atoms with Crippen LogP contribution in [0.1, 0.15) is 24.0 Å². The second kappa shape index (κ2) is 6.90. The van der Waals surface area contributed by atoms with E-state index in [0.29, 0.717) is 12.1 Å². The van der Waals surface area contributed by atoms with Gasteiger partial charge in [-0.25, -0.2) is 9.59 Å². The average Bonchev–Trinajstić information content (AvgIpc) is 3.28. The van der Waals surface area contributed by atoms with Gasteiger partial charge in [-0.15, -0.1) is 0 Å². The molecule has 1 N–H and O–H groups in total. The van der Waals surface area contributed by atoms with Crippen LogP contribution in [-0.4, -0.2) is 33.3 Å². The number of hydrogen-bond acceptors (Lipinski definition) is 4. The van der Waals surface area contributed by atoms with Gasteiger partial charge in [0.25, 0.3) is 0 Å². The summed E-state index contributed by atoms with van der Waals surface area (Å²) in [6, 6.07) is 7.04. The number of likely N-dealkylation sites (tertiary alicyclic amines) is 1. The number of urea groups is 1. The van der Waals surface area contributed by atoms with Gasteiger partial charge in [0.15, 0.2) is 0 Å². The minimum atomic E-state index is -0.366. The van der Waals surface area contributed by atoms with Gasteiger partial charge in [0, 0.05) is 36.1 Å². The first-order valence-electron chi connectivity index (χ1n) is 9.11. The summed E-state index contributed by atoms with van der Waals surface area (Å²) in [4.78, 5) is 26.3. The first-order chi connectivity index (χ1) is 13.0. The third-order valence-electron chi connectivity index (χ3n) is 5.13. The van der Waals surface area contributed by atoms with Crippen LogP contribution < -0.4 is 10.9 Å². The van der Waals surface area contributed by atoms with Gasteiger partial charge in [-0.1, -0.05) is 0 Å². The maximum atomic E-state index is 12.9. The smallest absolute Gasteiger partial charge is 0.336 e. The lowest BCUT2D eigenvalue weighted by atomic mass is 10.1. The van der Waals surface area contributed by atoms with E-state index in [1.165, 1.54) is 6.07 Å². The second-order valence-electron chi connectivity index (χ2n) is 7.06. The lowest BCUT2D eigenvalue weighted by Gasteiger charge is -2.25. The van der Waals surface area contributed by atoms with Crippen molar-refractivity contribution < 1.29 is 9.21 Å². The molecule has 0 radical (unpaired) electrons. The van der Waals surface area contributed by atoms with E-state index >= 15 is 0 Å². The first-order valence-corrected chi connectivity index (χ1v) is 9.11. The van der Waals surface area contributed by atoms with Crippen molar-refractivity contribution in [2.24, 2.45) is 0 Å². The van der Waals surface area contributed by atoms with Crippen LogP contribution in [-0.2, 0) is 6.54 Å². The van der Waals surface area contributed by atoms with Crippen LogP contribution in [0, 0.1) is 13.8 Å². The summed E-state index contributed by atoms with van der Waals surface area (Å²) in [6.45, 7) is 5.18. The molecule has 1 aromatic carbocycles. The number of hydrogen-bond donors (Lipinski definition) is 1. The van der Waals surface area contributed by atoms with Crippen molar-refractivity contribution in [3.05, 3.63) is 58.2 Å². The number of nitrogens with one attached hydrogen (secondary N) is 1. The third kappa shape index (κ3) is 3.45. The first kappa shape index (κ1) is 17.3. The fourth-order valence-corrected chi connectivity index (χ4v) is 3.71. The summed E-state index contributed by atoms with van der Waals surface area (Å²) >= 11 is 0. The van der Waals surface area contributed by atoms with Gasteiger partial charge in [0.05, 0.1) is 12.6 Å². The Labute approximate surface area is 156 Å². The minimum Gasteiger partial charge on any atom is -0.423 e. The van der Waals surface area contributed by atoms with E-state index < -0.39 is 0 Å². The van der Waals surface area contributed by atoms with E-state index in [1.54, 1.807) is 12.3 Å². The average molecular weight is 366 g/mol. The number of nitrogens with zero attached hydrogens (tertiary/aromatic N) is 3. The van der Waals surface area contributed by atoms with Crippen molar-refractivity contribution in [1.29, 1.82) is 0 Å². The van der Waals surface area contributed by atoms with Gasteiger partial charge >= 0.3 is 11.7 Å². The van der Waals surface area contributed by atoms with Gasteiger partial charge < -0.3 is 14.6 Å². The molecule has 1 aliphatic rings. The Kier molecular flexibility index (Phi) is 4.43. The number of aromatic nitrogens is 2. The van der Waals surface area contributed by atoms with Crippen LogP contribution in [0.2, 0.25) is 0 Å². The zero-order chi connectivity index (χ0) is 19.0. The van der Waals surface area contributed by atoms with E-state index in [4.69, 9.17) is 4.42 Å². The molecule has 0 saturated carbocycles. The maximum absolute atomic E-state index is 12.9. The number of carbonyl (C=O) groups is 1. The van der Waals surface area contributed by atoms with E-state index in [0.717, 1.165) is 41.6 Å². The van der Waals surface area contributed by atoms with E-state index in [1.807, 2.05) is 41.8 Å². The summed E-state index contributed by atoms with van der Waals surface area (Å²) in [5.41, 5.74) is 2.58. The number of anilines is 1. The fourth-order valence-electron chi connectivity index (χ4n) is 3.71. The number of aryl methyl sites for hydroxylation is 2. The summed E-state index contributed by atoms with van der Waals surface area (Å²) < 4.78 is 7.13. The molecular formula is C20H22N4O3. The molecule has 3 heterocycles. The van der Waals surface area contributed by atoms with Crippen molar-refractivity contribution in [2.45, 2.75) is 39.3 Å². The van der Waals surface area contributed by atoms with Crippen molar-refractivity contribution in [1.82, 2.24) is 14.7 Å². The molecule has 0 bridgehead atoms.